The van der Waals surface area contributed by atoms with Gasteiger partial charge in [0.2, 0.25) is 5.91 Å². The van der Waals surface area contributed by atoms with Crippen LogP contribution in [-0.4, -0.2) is 86.1 Å². The smallest absolute Gasteiger partial charge is 0.436 e. The number of carbonyl (C=O) groups is 3. The summed E-state index contributed by atoms with van der Waals surface area (Å²) >= 11 is 0. The fourth-order valence-corrected chi connectivity index (χ4v) is 5.73. The van der Waals surface area contributed by atoms with Crippen LogP contribution in [0.3, 0.4) is 0 Å². The van der Waals surface area contributed by atoms with E-state index in [9.17, 15) is 29.7 Å². The molecule has 45 heavy (non-hydrogen) atoms. The highest BCUT2D eigenvalue weighted by Gasteiger charge is 2.53. The average Bonchev–Trinajstić information content (AvgIpc) is 3.01. The first kappa shape index (κ1) is 31.6. The molecular formula is C34H39N3O8. The fraction of sp³-hybridized carbons (Fsp3) is 0.382. The summed E-state index contributed by atoms with van der Waals surface area (Å²) in [4.78, 5) is 50.9. The molecule has 5 rings (SSSR count). The topological polar surface area (TPSA) is 140 Å². The molecule has 0 bridgehead atoms. The van der Waals surface area contributed by atoms with E-state index in [0.717, 1.165) is 16.2 Å². The Kier molecular flexibility index (Phi) is 9.77. The van der Waals surface area contributed by atoms with Crippen molar-refractivity contribution in [3.8, 4) is 17.2 Å². The molecular weight excluding hydrogens is 578 g/mol. The first-order valence-electron chi connectivity index (χ1n) is 15.2. The Morgan fingerprint density at radius 1 is 0.822 bits per heavy atom. The third-order valence-corrected chi connectivity index (χ3v) is 8.07. The molecule has 3 atom stereocenters. The fourth-order valence-electron chi connectivity index (χ4n) is 5.73. The van der Waals surface area contributed by atoms with Crippen LogP contribution in [0.5, 0.6) is 17.2 Å². The lowest BCUT2D eigenvalue weighted by Crippen LogP contribution is -2.73. The number of aromatic hydroxyl groups is 3. The van der Waals surface area contributed by atoms with Crippen molar-refractivity contribution in [3.05, 3.63) is 89.5 Å². The first-order chi connectivity index (χ1) is 21.6. The molecule has 2 heterocycles. The molecule has 3 N–H and O–H groups in total. The Morgan fingerprint density at radius 3 is 1.91 bits per heavy atom. The van der Waals surface area contributed by atoms with E-state index in [0.29, 0.717) is 31.4 Å². The zero-order valence-electron chi connectivity index (χ0n) is 25.4. The molecule has 0 aliphatic carbocycles. The van der Waals surface area contributed by atoms with Crippen molar-refractivity contribution in [1.29, 1.82) is 0 Å². The molecule has 11 heteroatoms. The lowest BCUT2D eigenvalue weighted by molar-refractivity contribution is -0.266. The number of phenolic OH excluding ortho intramolecular Hbond substituents is 3. The molecule has 1 unspecified atom stereocenters. The number of nitrogens with zero attached hydrogens (tertiary/aromatic N) is 3. The van der Waals surface area contributed by atoms with E-state index in [1.165, 1.54) is 17.0 Å². The van der Waals surface area contributed by atoms with Crippen molar-refractivity contribution in [2.75, 3.05) is 19.7 Å². The monoisotopic (exact) mass is 617 g/mol. The Balaban J connectivity index is 1.40. The second-order valence-electron chi connectivity index (χ2n) is 11.9. The number of fused-ring (bicyclic) bond motifs is 1. The zero-order valence-corrected chi connectivity index (χ0v) is 25.4. The van der Waals surface area contributed by atoms with Crippen LogP contribution >= 0.6 is 0 Å². The third-order valence-electron chi connectivity index (χ3n) is 8.07. The summed E-state index contributed by atoms with van der Waals surface area (Å²) in [7, 11) is 0. The molecule has 0 radical (unpaired) electrons. The zero-order chi connectivity index (χ0) is 32.1. The van der Waals surface area contributed by atoms with Gasteiger partial charge in [0.25, 0.3) is 5.91 Å². The van der Waals surface area contributed by atoms with Crippen LogP contribution in [0.1, 0.15) is 37.0 Å². The van der Waals surface area contributed by atoms with E-state index in [4.69, 9.17) is 9.57 Å². The highest BCUT2D eigenvalue weighted by atomic mass is 16.7. The molecule has 0 spiro atoms. The van der Waals surface area contributed by atoms with Gasteiger partial charge >= 0.3 is 6.09 Å². The molecule has 2 saturated heterocycles. The number of hydroxylamine groups is 2. The summed E-state index contributed by atoms with van der Waals surface area (Å²) in [5.74, 6) is -0.135. The Labute approximate surface area is 262 Å². The molecule has 0 saturated carbocycles. The van der Waals surface area contributed by atoms with Gasteiger partial charge in [0.05, 0.1) is 13.2 Å². The van der Waals surface area contributed by atoms with Crippen LogP contribution in [-0.2, 0) is 38.4 Å². The van der Waals surface area contributed by atoms with Gasteiger partial charge < -0.3 is 29.9 Å². The summed E-state index contributed by atoms with van der Waals surface area (Å²) in [5, 5.41) is 30.0. The van der Waals surface area contributed by atoms with Gasteiger partial charge in [-0.1, -0.05) is 50.2 Å². The number of piperazine rings is 1. The summed E-state index contributed by atoms with van der Waals surface area (Å²) in [6, 6.07) is 18.9. The molecule has 0 aromatic heterocycles. The lowest BCUT2D eigenvalue weighted by atomic mass is 9.95. The number of carbonyl (C=O) groups excluding carboxylic acids is 3. The molecule has 3 aromatic rings. The predicted molar refractivity (Wildman–Crippen MR) is 164 cm³/mol. The second kappa shape index (κ2) is 13.9. The van der Waals surface area contributed by atoms with Gasteiger partial charge in [0.1, 0.15) is 23.3 Å². The standard InChI is InChI=1S/C34H39N3O8/c1-22(2)19-29-32(41)35(17-15-23-3-9-26(38)10-4-23)21-31-36(29)33(42)30(20-25-7-13-28(40)14-8-25)45-37(31)34(43)44-18-16-24-5-11-27(39)12-6-24/h3-14,22,29-31,38-40H,15-21H2,1-2H3/t29-,30+,31?/m0/s1. The molecule has 238 valence electrons. The van der Waals surface area contributed by atoms with Crippen molar-refractivity contribution in [2.45, 2.75) is 57.8 Å². The number of amides is 3. The summed E-state index contributed by atoms with van der Waals surface area (Å²) in [6.45, 7) is 4.37. The maximum absolute atomic E-state index is 14.0. The van der Waals surface area contributed by atoms with E-state index < -0.39 is 30.3 Å². The molecule has 2 aliphatic heterocycles. The van der Waals surface area contributed by atoms with Crippen LogP contribution in [0.25, 0.3) is 0 Å². The number of hydrogen-bond acceptors (Lipinski definition) is 8. The second-order valence-corrected chi connectivity index (χ2v) is 11.9. The van der Waals surface area contributed by atoms with E-state index in [1.807, 2.05) is 13.8 Å². The van der Waals surface area contributed by atoms with Gasteiger partial charge in [-0.2, -0.15) is 5.06 Å². The summed E-state index contributed by atoms with van der Waals surface area (Å²) in [5.41, 5.74) is 2.51. The van der Waals surface area contributed by atoms with Crippen LogP contribution in [0.15, 0.2) is 72.8 Å². The van der Waals surface area contributed by atoms with Gasteiger partial charge in [-0.25, -0.2) is 4.79 Å². The minimum atomic E-state index is -1.10. The van der Waals surface area contributed by atoms with E-state index >= 15 is 0 Å². The summed E-state index contributed by atoms with van der Waals surface area (Å²) < 4.78 is 5.63. The maximum Gasteiger partial charge on any atom is 0.436 e. The SMILES string of the molecule is CC(C)C[C@H]1C(=O)N(CCc2ccc(O)cc2)CC2N(C(=O)OCCc3ccc(O)cc3)O[C@H](Cc3ccc(O)cc3)C(=O)N21. The minimum absolute atomic E-state index is 0.0334. The van der Waals surface area contributed by atoms with Gasteiger partial charge in [-0.15, -0.1) is 0 Å². The van der Waals surface area contributed by atoms with Crippen LogP contribution in [0.4, 0.5) is 4.79 Å². The van der Waals surface area contributed by atoms with E-state index in [1.54, 1.807) is 65.6 Å². The van der Waals surface area contributed by atoms with Crippen LogP contribution in [0, 0.1) is 5.92 Å². The Bertz CT molecular complexity index is 1480. The van der Waals surface area contributed by atoms with Crippen molar-refractivity contribution in [2.24, 2.45) is 5.92 Å². The minimum Gasteiger partial charge on any atom is -0.508 e. The highest BCUT2D eigenvalue weighted by molar-refractivity contribution is 5.92. The van der Waals surface area contributed by atoms with E-state index in [-0.39, 0.29) is 48.6 Å². The largest absolute Gasteiger partial charge is 0.508 e. The normalized spacial score (nSPS) is 20.0. The lowest BCUT2D eigenvalue weighted by Gasteiger charge is -2.52. The predicted octanol–water partition coefficient (Wildman–Crippen LogP) is 4.00. The molecule has 2 fully saturated rings. The number of ether oxygens (including phenoxy) is 1. The quantitative estimate of drug-likeness (QED) is 0.310. The Morgan fingerprint density at radius 2 is 1.36 bits per heavy atom. The number of rotatable bonds is 10. The molecule has 11 nitrogen and oxygen atoms in total. The molecule has 3 amide bonds. The van der Waals surface area contributed by atoms with Crippen molar-refractivity contribution >= 4 is 17.9 Å². The van der Waals surface area contributed by atoms with Crippen molar-refractivity contribution in [3.63, 3.8) is 0 Å². The maximum atomic E-state index is 14.0. The van der Waals surface area contributed by atoms with Gasteiger partial charge in [0, 0.05) is 19.4 Å². The van der Waals surface area contributed by atoms with Crippen molar-refractivity contribution < 1.29 is 39.3 Å². The average molecular weight is 618 g/mol. The number of benzene rings is 3. The van der Waals surface area contributed by atoms with Gasteiger partial charge in [-0.05, 0) is 71.8 Å². The number of phenols is 3. The molecule has 3 aromatic carbocycles. The summed E-state index contributed by atoms with van der Waals surface area (Å²) in [6.07, 6.45) is -1.35. The van der Waals surface area contributed by atoms with E-state index in [2.05, 4.69) is 0 Å². The first-order valence-corrected chi connectivity index (χ1v) is 15.2. The van der Waals surface area contributed by atoms with Gasteiger partial charge in [0.15, 0.2) is 12.3 Å². The highest BCUT2D eigenvalue weighted by Crippen LogP contribution is 2.32. The molecule has 2 aliphatic rings. The van der Waals surface area contributed by atoms with Crippen LogP contribution in [0.2, 0.25) is 0 Å². The van der Waals surface area contributed by atoms with Crippen molar-refractivity contribution in [1.82, 2.24) is 14.9 Å². The third kappa shape index (κ3) is 7.66. The Hall–Kier alpha value is -4.77. The van der Waals surface area contributed by atoms with Crippen LogP contribution < -0.4 is 0 Å². The number of hydrogen-bond donors (Lipinski definition) is 3. The van der Waals surface area contributed by atoms with Gasteiger partial charge in [-0.3, -0.25) is 14.4 Å².